The van der Waals surface area contributed by atoms with E-state index in [4.69, 9.17) is 29.9 Å². The second kappa shape index (κ2) is 20.9. The standard InChI is InChI=1S/C84H52N6/c1-5-19-51(20-6-1)74-49-76(87-82(85-74)56-23-9-3-10-24-56)53-35-39-55(40-36-53)80-73-48-59(60-43-45-70-63-29-15-13-27-61(63)67-32-17-31-66(60)78(67)70)47-72(65-44-46-71-64-30-16-14-28-62(64)68-33-18-34-69(65)79(68)71)81(73)90-84(89-80)58-41-37-54(38-42-58)77-50-75(52-21-7-2-8-22-52)86-83(88-77)57-25-11-4-12-26-57/h1-50,61,63H. The minimum Gasteiger partial charge on any atom is -0.228 e. The summed E-state index contributed by atoms with van der Waals surface area (Å²) in [6, 6.07) is 99.2. The van der Waals surface area contributed by atoms with E-state index in [0.29, 0.717) is 29.3 Å². The van der Waals surface area contributed by atoms with Gasteiger partial charge in [-0.3, -0.25) is 0 Å². The van der Waals surface area contributed by atoms with E-state index < -0.39 is 0 Å². The van der Waals surface area contributed by atoms with Crippen LogP contribution < -0.4 is 0 Å². The van der Waals surface area contributed by atoms with Crippen molar-refractivity contribution in [2.45, 2.75) is 11.8 Å². The lowest BCUT2D eigenvalue weighted by molar-refractivity contribution is 0.769. The maximum absolute atomic E-state index is 5.78. The molecule has 3 aliphatic carbocycles. The van der Waals surface area contributed by atoms with E-state index in [1.165, 1.54) is 60.5 Å². The van der Waals surface area contributed by atoms with Crippen molar-refractivity contribution in [2.75, 3.05) is 0 Å². The minimum atomic E-state index is 0.306. The van der Waals surface area contributed by atoms with Crippen LogP contribution in [0, 0.1) is 0 Å². The van der Waals surface area contributed by atoms with Crippen LogP contribution in [0.25, 0.3) is 167 Å². The molecule has 3 heterocycles. The average Bonchev–Trinajstić information content (AvgIpc) is 1.52. The minimum absolute atomic E-state index is 0.306. The van der Waals surface area contributed by atoms with Crippen molar-refractivity contribution < 1.29 is 0 Å². The van der Waals surface area contributed by atoms with E-state index >= 15 is 0 Å². The van der Waals surface area contributed by atoms with Gasteiger partial charge in [0.15, 0.2) is 17.5 Å². The molecule has 3 aliphatic rings. The van der Waals surface area contributed by atoms with Crippen LogP contribution in [-0.2, 0) is 0 Å². The van der Waals surface area contributed by atoms with E-state index in [-0.39, 0.29) is 0 Å². The molecule has 0 saturated heterocycles. The number of aromatic nitrogens is 6. The molecular formula is C84H52N6. The molecule has 0 fully saturated rings. The molecule has 90 heavy (non-hydrogen) atoms. The van der Waals surface area contributed by atoms with Crippen molar-refractivity contribution in [1.82, 2.24) is 29.9 Å². The van der Waals surface area contributed by atoms with Crippen LogP contribution in [0.15, 0.2) is 303 Å². The molecule has 0 N–H and O–H groups in total. The lowest BCUT2D eigenvalue weighted by Gasteiger charge is -2.18. The maximum Gasteiger partial charge on any atom is 0.160 e. The SMILES string of the molecule is C1=CC2c3cccc4c(-c5cc(-c6ccc7c8c(cccc68)-c6ccccc6-7)c6nc(-c7ccc(-c8cc(-c9ccccc9)nc(-c9ccccc9)n8)cc7)nc(-c7ccc(-c8cc(-c9ccccc9)nc(-c9ccccc9)n8)cc7)c6c5)ccc(c34)C2C=C1. The Morgan fingerprint density at radius 3 is 1.20 bits per heavy atom. The van der Waals surface area contributed by atoms with E-state index in [2.05, 4.69) is 243 Å². The second-order valence-electron chi connectivity index (χ2n) is 23.6. The molecule has 18 rings (SSSR count). The first kappa shape index (κ1) is 51.4. The zero-order chi connectivity index (χ0) is 59.2. The smallest absolute Gasteiger partial charge is 0.160 e. The monoisotopic (exact) mass is 1140 g/mol. The van der Waals surface area contributed by atoms with E-state index in [1.54, 1.807) is 0 Å². The zero-order valence-corrected chi connectivity index (χ0v) is 48.7. The topological polar surface area (TPSA) is 77.3 Å². The highest BCUT2D eigenvalue weighted by Gasteiger charge is 2.33. The molecule has 2 atom stereocenters. The number of hydrogen-bond donors (Lipinski definition) is 0. The summed E-state index contributed by atoms with van der Waals surface area (Å²) in [6.45, 7) is 0. The van der Waals surface area contributed by atoms with Crippen molar-refractivity contribution in [3.8, 4) is 135 Å². The number of benzene rings is 12. The van der Waals surface area contributed by atoms with Crippen LogP contribution in [0.1, 0.15) is 23.0 Å². The Kier molecular flexibility index (Phi) is 12.0. The Bertz CT molecular complexity index is 5280. The van der Waals surface area contributed by atoms with Gasteiger partial charge in [0.25, 0.3) is 0 Å². The van der Waals surface area contributed by atoms with Crippen molar-refractivity contribution in [3.05, 3.63) is 314 Å². The van der Waals surface area contributed by atoms with Gasteiger partial charge in [0.2, 0.25) is 0 Å². The molecule has 3 aromatic heterocycles. The largest absolute Gasteiger partial charge is 0.228 e. The fourth-order valence-corrected chi connectivity index (χ4v) is 14.2. The zero-order valence-electron chi connectivity index (χ0n) is 48.7. The van der Waals surface area contributed by atoms with Crippen LogP contribution in [0.3, 0.4) is 0 Å². The summed E-state index contributed by atoms with van der Waals surface area (Å²) in [7, 11) is 0. The van der Waals surface area contributed by atoms with Crippen molar-refractivity contribution >= 4 is 32.4 Å². The van der Waals surface area contributed by atoms with Crippen molar-refractivity contribution in [3.63, 3.8) is 0 Å². The molecule has 0 saturated carbocycles. The Morgan fingerprint density at radius 1 is 0.222 bits per heavy atom. The Balaban J connectivity index is 0.863. The number of hydrogen-bond acceptors (Lipinski definition) is 6. The Labute approximate surface area is 520 Å². The van der Waals surface area contributed by atoms with Crippen molar-refractivity contribution in [1.29, 1.82) is 0 Å². The van der Waals surface area contributed by atoms with Crippen LogP contribution >= 0.6 is 0 Å². The third kappa shape index (κ3) is 8.56. The number of rotatable bonds is 10. The molecule has 418 valence electrons. The van der Waals surface area contributed by atoms with Gasteiger partial charge in [0, 0.05) is 67.3 Å². The van der Waals surface area contributed by atoms with E-state index in [0.717, 1.165) is 101 Å². The summed E-state index contributed by atoms with van der Waals surface area (Å²) >= 11 is 0. The summed E-state index contributed by atoms with van der Waals surface area (Å²) < 4.78 is 0. The summed E-state index contributed by atoms with van der Waals surface area (Å²) in [6.07, 6.45) is 9.15. The molecule has 0 bridgehead atoms. The molecule has 2 unspecified atom stereocenters. The quantitative estimate of drug-likeness (QED) is 0.136. The Morgan fingerprint density at radius 2 is 0.633 bits per heavy atom. The van der Waals surface area contributed by atoms with Gasteiger partial charge in [0.1, 0.15) is 0 Å². The molecule has 15 aromatic rings. The number of nitrogens with zero attached hydrogens (tertiary/aromatic N) is 6. The van der Waals surface area contributed by atoms with Gasteiger partial charge in [-0.25, -0.2) is 29.9 Å². The van der Waals surface area contributed by atoms with E-state index in [9.17, 15) is 0 Å². The fraction of sp³-hybridized carbons (Fsp3) is 0.0238. The first-order chi connectivity index (χ1) is 44.6. The van der Waals surface area contributed by atoms with Gasteiger partial charge in [-0.15, -0.1) is 0 Å². The molecule has 12 aromatic carbocycles. The number of fused-ring (bicyclic) bond motifs is 7. The van der Waals surface area contributed by atoms with Gasteiger partial charge >= 0.3 is 0 Å². The summed E-state index contributed by atoms with van der Waals surface area (Å²) in [4.78, 5) is 32.1. The average molecular weight is 1150 g/mol. The highest BCUT2D eigenvalue weighted by atomic mass is 14.9. The molecule has 0 spiro atoms. The van der Waals surface area contributed by atoms with Crippen molar-refractivity contribution in [2.24, 2.45) is 0 Å². The van der Waals surface area contributed by atoms with Gasteiger partial charge < -0.3 is 0 Å². The van der Waals surface area contributed by atoms with Gasteiger partial charge in [-0.2, -0.15) is 0 Å². The molecular weight excluding hydrogens is 1090 g/mol. The lowest BCUT2D eigenvalue weighted by atomic mass is 9.86. The molecule has 0 aliphatic heterocycles. The van der Waals surface area contributed by atoms with Crippen LogP contribution in [0.5, 0.6) is 0 Å². The van der Waals surface area contributed by atoms with Gasteiger partial charge in [-0.05, 0) is 95.9 Å². The predicted octanol–water partition coefficient (Wildman–Crippen LogP) is 21.1. The lowest BCUT2D eigenvalue weighted by Crippen LogP contribution is -2.01. The highest BCUT2D eigenvalue weighted by Crippen LogP contribution is 2.54. The van der Waals surface area contributed by atoms with E-state index in [1.807, 2.05) is 60.7 Å². The third-order valence-electron chi connectivity index (χ3n) is 18.5. The summed E-state index contributed by atoms with van der Waals surface area (Å²) in [5, 5.41) is 5.99. The summed E-state index contributed by atoms with van der Waals surface area (Å²) in [5.74, 6) is 2.56. The molecule has 0 amide bonds. The number of allylic oxidation sites excluding steroid dienone is 4. The third-order valence-corrected chi connectivity index (χ3v) is 18.5. The molecule has 6 heteroatoms. The normalized spacial score (nSPS) is 14.1. The highest BCUT2D eigenvalue weighted by molar-refractivity contribution is 6.21. The first-order valence-corrected chi connectivity index (χ1v) is 30.7. The predicted molar refractivity (Wildman–Crippen MR) is 368 cm³/mol. The summed E-state index contributed by atoms with van der Waals surface area (Å²) in [5.41, 5.74) is 25.0. The van der Waals surface area contributed by atoms with Gasteiger partial charge in [-0.1, -0.05) is 279 Å². The fourth-order valence-electron chi connectivity index (χ4n) is 14.2. The second-order valence-corrected chi connectivity index (χ2v) is 23.6. The first-order valence-electron chi connectivity index (χ1n) is 30.7. The molecule has 6 nitrogen and oxygen atoms in total. The Hall–Kier alpha value is -11.9. The van der Waals surface area contributed by atoms with Gasteiger partial charge in [0.05, 0.1) is 34.0 Å². The molecule has 0 radical (unpaired) electrons. The maximum atomic E-state index is 5.78. The van der Waals surface area contributed by atoms with Crippen LogP contribution in [0.4, 0.5) is 0 Å². The van der Waals surface area contributed by atoms with Crippen LogP contribution in [0.2, 0.25) is 0 Å². The van der Waals surface area contributed by atoms with Crippen LogP contribution in [-0.4, -0.2) is 29.9 Å².